The third-order valence-corrected chi connectivity index (χ3v) is 4.39. The fraction of sp³-hybridized carbons (Fsp3) is 0.105. The van der Waals surface area contributed by atoms with Crippen molar-refractivity contribution in [3.63, 3.8) is 0 Å². The first-order valence-electron chi connectivity index (χ1n) is 7.76. The number of ketones is 1. The molecule has 8 heteroatoms. The van der Waals surface area contributed by atoms with E-state index in [-0.39, 0.29) is 11.3 Å². The summed E-state index contributed by atoms with van der Waals surface area (Å²) in [5.74, 6) is -4.42. The Labute approximate surface area is 159 Å². The van der Waals surface area contributed by atoms with Crippen molar-refractivity contribution in [1.29, 1.82) is 0 Å². The Morgan fingerprint density at radius 2 is 1.67 bits per heavy atom. The summed E-state index contributed by atoms with van der Waals surface area (Å²) in [6.07, 6.45) is 0. The van der Waals surface area contributed by atoms with Gasteiger partial charge in [-0.05, 0) is 36.4 Å². The third kappa shape index (κ3) is 2.87. The Bertz CT molecular complexity index is 954. The van der Waals surface area contributed by atoms with Gasteiger partial charge >= 0.3 is 11.9 Å². The van der Waals surface area contributed by atoms with Crippen LogP contribution in [0.3, 0.4) is 0 Å². The minimum atomic E-state index is -2.83. The van der Waals surface area contributed by atoms with Crippen molar-refractivity contribution < 1.29 is 29.3 Å². The molecule has 1 amide bonds. The molecule has 3 rings (SSSR count). The van der Waals surface area contributed by atoms with Crippen LogP contribution in [-0.2, 0) is 19.1 Å². The van der Waals surface area contributed by atoms with Gasteiger partial charge in [-0.15, -0.1) is 0 Å². The quantitative estimate of drug-likeness (QED) is 0.361. The van der Waals surface area contributed by atoms with E-state index in [0.717, 1.165) is 7.11 Å². The number of benzene rings is 2. The zero-order valence-corrected chi connectivity index (χ0v) is 14.8. The van der Waals surface area contributed by atoms with Gasteiger partial charge in [0.1, 0.15) is 11.3 Å². The Hall–Kier alpha value is -3.16. The summed E-state index contributed by atoms with van der Waals surface area (Å²) >= 11 is 5.81. The molecule has 1 saturated heterocycles. The number of aliphatic hydroxyl groups is 2. The molecule has 0 spiro atoms. The van der Waals surface area contributed by atoms with Crippen LogP contribution in [0, 0.1) is 0 Å². The Kier molecular flexibility index (Phi) is 4.73. The molecule has 7 nitrogen and oxygen atoms in total. The van der Waals surface area contributed by atoms with Crippen LogP contribution in [-0.4, -0.2) is 40.7 Å². The highest BCUT2D eigenvalue weighted by atomic mass is 35.5. The number of nitrogens with zero attached hydrogens (tertiary/aromatic N) is 1. The maximum atomic E-state index is 12.6. The standard InChI is InChI=1S/C19H14ClNO6/c1-27-18(25)19(26)14(15(22)11-7-9-12(20)10-8-11)16(23)17(24)21(19)13-5-3-2-4-6-13/h2-10,22,26H,1H3/t19-/m0/s1. The van der Waals surface area contributed by atoms with Gasteiger partial charge in [0, 0.05) is 16.3 Å². The van der Waals surface area contributed by atoms with Crippen LogP contribution in [0.4, 0.5) is 5.69 Å². The largest absolute Gasteiger partial charge is 0.507 e. The van der Waals surface area contributed by atoms with E-state index in [2.05, 4.69) is 4.74 Å². The number of methoxy groups -OCH3 is 1. The van der Waals surface area contributed by atoms with Crippen molar-refractivity contribution >= 4 is 40.7 Å². The second kappa shape index (κ2) is 6.86. The number of carbonyl (C=O) groups excluding carboxylic acids is 3. The summed E-state index contributed by atoms with van der Waals surface area (Å²) in [7, 11) is 0.994. The Balaban J connectivity index is 2.28. The lowest BCUT2D eigenvalue weighted by molar-refractivity contribution is -0.158. The molecule has 0 unspecified atom stereocenters. The topological polar surface area (TPSA) is 104 Å². The van der Waals surface area contributed by atoms with Crippen molar-refractivity contribution in [2.45, 2.75) is 5.72 Å². The zero-order chi connectivity index (χ0) is 19.8. The average Bonchev–Trinajstić information content (AvgIpc) is 2.88. The van der Waals surface area contributed by atoms with Crippen molar-refractivity contribution in [3.8, 4) is 0 Å². The number of para-hydroxylation sites is 1. The first-order valence-corrected chi connectivity index (χ1v) is 8.14. The smallest absolute Gasteiger partial charge is 0.365 e. The normalized spacial score (nSPS) is 21.4. The predicted octanol–water partition coefficient (Wildman–Crippen LogP) is 2.09. The summed E-state index contributed by atoms with van der Waals surface area (Å²) in [6.45, 7) is 0. The van der Waals surface area contributed by atoms with Crippen molar-refractivity contribution in [2.24, 2.45) is 0 Å². The van der Waals surface area contributed by atoms with Crippen LogP contribution in [0.15, 0.2) is 60.2 Å². The van der Waals surface area contributed by atoms with Gasteiger partial charge in [0.05, 0.1) is 7.11 Å². The predicted molar refractivity (Wildman–Crippen MR) is 96.9 cm³/mol. The number of halogens is 1. The lowest BCUT2D eigenvalue weighted by atomic mass is 9.97. The molecule has 0 radical (unpaired) electrons. The highest BCUT2D eigenvalue weighted by molar-refractivity contribution is 6.54. The number of Topliss-reactive ketones (excluding diaryl/α,β-unsaturated/α-hetero) is 1. The van der Waals surface area contributed by atoms with Crippen LogP contribution >= 0.6 is 11.6 Å². The number of carbonyl (C=O) groups is 3. The van der Waals surface area contributed by atoms with E-state index in [1.54, 1.807) is 18.2 Å². The number of anilines is 1. The van der Waals surface area contributed by atoms with Crippen molar-refractivity contribution in [3.05, 3.63) is 70.8 Å². The molecular weight excluding hydrogens is 374 g/mol. The van der Waals surface area contributed by atoms with Crippen LogP contribution < -0.4 is 4.90 Å². The average molecular weight is 388 g/mol. The van der Waals surface area contributed by atoms with Gasteiger partial charge in [-0.3, -0.25) is 14.5 Å². The number of amides is 1. The van der Waals surface area contributed by atoms with Crippen LogP contribution in [0.1, 0.15) is 5.56 Å². The van der Waals surface area contributed by atoms with Gasteiger partial charge in [-0.1, -0.05) is 29.8 Å². The molecule has 0 saturated carbocycles. The fourth-order valence-corrected chi connectivity index (χ4v) is 2.99. The SMILES string of the molecule is COC(=O)[C@@]1(O)C(=C(O)c2ccc(Cl)cc2)C(=O)C(=O)N1c1ccccc1. The summed E-state index contributed by atoms with van der Waals surface area (Å²) in [6, 6.07) is 13.3. The van der Waals surface area contributed by atoms with E-state index in [1.165, 1.54) is 36.4 Å². The molecular formula is C19H14ClNO6. The van der Waals surface area contributed by atoms with E-state index in [9.17, 15) is 24.6 Å². The maximum absolute atomic E-state index is 12.6. The second-order valence-corrected chi connectivity index (χ2v) is 6.14. The molecule has 0 bridgehead atoms. The molecule has 2 N–H and O–H groups in total. The molecule has 1 heterocycles. The minimum Gasteiger partial charge on any atom is -0.507 e. The van der Waals surface area contributed by atoms with Crippen molar-refractivity contribution in [2.75, 3.05) is 12.0 Å². The molecule has 1 aliphatic rings. The van der Waals surface area contributed by atoms with Crippen LogP contribution in [0.25, 0.3) is 5.76 Å². The number of ether oxygens (including phenoxy) is 1. The molecule has 138 valence electrons. The molecule has 27 heavy (non-hydrogen) atoms. The van der Waals surface area contributed by atoms with Gasteiger partial charge in [-0.25, -0.2) is 4.79 Å². The molecule has 1 atom stereocenters. The molecule has 0 aliphatic carbocycles. The van der Waals surface area contributed by atoms with Gasteiger partial charge in [-0.2, -0.15) is 0 Å². The second-order valence-electron chi connectivity index (χ2n) is 5.70. The summed E-state index contributed by atoms with van der Waals surface area (Å²) < 4.78 is 4.62. The first-order chi connectivity index (χ1) is 12.8. The third-order valence-electron chi connectivity index (χ3n) is 4.14. The Morgan fingerprint density at radius 1 is 1.07 bits per heavy atom. The first kappa shape index (κ1) is 18.6. The van der Waals surface area contributed by atoms with E-state index in [1.807, 2.05) is 0 Å². The number of hydrogen-bond donors (Lipinski definition) is 2. The minimum absolute atomic E-state index is 0.0858. The lowest BCUT2D eigenvalue weighted by Crippen LogP contribution is -2.54. The van der Waals surface area contributed by atoms with Crippen LogP contribution in [0.5, 0.6) is 0 Å². The van der Waals surface area contributed by atoms with E-state index >= 15 is 0 Å². The van der Waals surface area contributed by atoms with Gasteiger partial charge in [0.15, 0.2) is 0 Å². The van der Waals surface area contributed by atoms with Gasteiger partial charge in [0.2, 0.25) is 0 Å². The lowest BCUT2D eigenvalue weighted by Gasteiger charge is -2.30. The maximum Gasteiger partial charge on any atom is 0.365 e. The number of hydrogen-bond acceptors (Lipinski definition) is 6. The highest BCUT2D eigenvalue weighted by Crippen LogP contribution is 2.39. The van der Waals surface area contributed by atoms with Crippen molar-refractivity contribution in [1.82, 2.24) is 0 Å². The number of rotatable bonds is 3. The number of aliphatic hydroxyl groups excluding tert-OH is 1. The molecule has 1 fully saturated rings. The van der Waals surface area contributed by atoms with E-state index < -0.39 is 34.7 Å². The summed E-state index contributed by atoms with van der Waals surface area (Å²) in [5, 5.41) is 22.1. The van der Waals surface area contributed by atoms with Crippen LogP contribution in [0.2, 0.25) is 5.02 Å². The van der Waals surface area contributed by atoms with Gasteiger partial charge in [0.25, 0.3) is 11.5 Å². The molecule has 0 aromatic heterocycles. The zero-order valence-electron chi connectivity index (χ0n) is 14.0. The number of esters is 1. The highest BCUT2D eigenvalue weighted by Gasteiger charge is 2.62. The molecule has 2 aromatic carbocycles. The van der Waals surface area contributed by atoms with E-state index in [4.69, 9.17) is 11.6 Å². The molecule has 2 aromatic rings. The monoisotopic (exact) mass is 387 g/mol. The summed E-state index contributed by atoms with van der Waals surface area (Å²) in [4.78, 5) is 38.2. The fourth-order valence-electron chi connectivity index (χ4n) is 2.87. The van der Waals surface area contributed by atoms with E-state index in [0.29, 0.717) is 9.92 Å². The Morgan fingerprint density at radius 3 is 2.22 bits per heavy atom. The molecule has 1 aliphatic heterocycles. The van der Waals surface area contributed by atoms with Gasteiger partial charge < -0.3 is 14.9 Å². The summed E-state index contributed by atoms with van der Waals surface area (Å²) in [5.41, 5.74) is -3.44.